The molecule has 1 N–H and O–H groups in total. The Balaban J connectivity index is 2.24. The first-order valence-corrected chi connectivity index (χ1v) is 4.54. The summed E-state index contributed by atoms with van der Waals surface area (Å²) >= 11 is 0. The van der Waals surface area contributed by atoms with Crippen LogP contribution in [0.25, 0.3) is 6.08 Å². The Morgan fingerprint density at radius 2 is 2.07 bits per heavy atom. The number of hydrogen-bond donors (Lipinski definition) is 1. The molecule has 1 aromatic rings. The molecule has 3 heteroatoms. The molecule has 1 saturated heterocycles. The van der Waals surface area contributed by atoms with E-state index in [4.69, 9.17) is 0 Å². The number of urea groups is 1. The van der Waals surface area contributed by atoms with Crippen LogP contribution in [-0.2, 0) is 0 Å². The third-order valence-corrected chi connectivity index (χ3v) is 2.29. The van der Waals surface area contributed by atoms with Crippen LogP contribution in [-0.4, -0.2) is 24.5 Å². The summed E-state index contributed by atoms with van der Waals surface area (Å²) in [7, 11) is 1.77. The van der Waals surface area contributed by atoms with E-state index >= 15 is 0 Å². The fourth-order valence-corrected chi connectivity index (χ4v) is 1.42. The molecule has 2 rings (SSSR count). The van der Waals surface area contributed by atoms with Crippen LogP contribution in [0, 0.1) is 0 Å². The lowest BCUT2D eigenvalue weighted by Gasteiger charge is -2.07. The lowest BCUT2D eigenvalue weighted by atomic mass is 10.2. The largest absolute Gasteiger partial charge is 0.332 e. The van der Waals surface area contributed by atoms with Crippen molar-refractivity contribution >= 4 is 12.1 Å². The van der Waals surface area contributed by atoms with Gasteiger partial charge in [-0.1, -0.05) is 30.3 Å². The maximum atomic E-state index is 11.1. The molecule has 0 unspecified atom stereocenters. The molecule has 0 radical (unpaired) electrons. The van der Waals surface area contributed by atoms with E-state index in [0.717, 1.165) is 11.3 Å². The van der Waals surface area contributed by atoms with Crippen molar-refractivity contribution in [2.75, 3.05) is 13.6 Å². The van der Waals surface area contributed by atoms with Crippen molar-refractivity contribution in [1.82, 2.24) is 10.2 Å². The predicted molar refractivity (Wildman–Crippen MR) is 55.6 cm³/mol. The van der Waals surface area contributed by atoms with Crippen molar-refractivity contribution in [2.24, 2.45) is 0 Å². The second-order valence-electron chi connectivity index (χ2n) is 3.26. The molecule has 0 atom stereocenters. The Hall–Kier alpha value is -1.77. The van der Waals surface area contributed by atoms with Crippen LogP contribution in [0.4, 0.5) is 4.79 Å². The molecule has 1 heterocycles. The van der Waals surface area contributed by atoms with Crippen molar-refractivity contribution in [3.8, 4) is 0 Å². The number of nitrogens with zero attached hydrogens (tertiary/aromatic N) is 1. The van der Waals surface area contributed by atoms with Gasteiger partial charge in [0.05, 0.1) is 6.54 Å². The van der Waals surface area contributed by atoms with Gasteiger partial charge in [0.25, 0.3) is 0 Å². The summed E-state index contributed by atoms with van der Waals surface area (Å²) in [5.74, 6) is 0. The highest BCUT2D eigenvalue weighted by molar-refractivity contribution is 5.81. The van der Waals surface area contributed by atoms with Crippen molar-refractivity contribution in [3.63, 3.8) is 0 Å². The minimum absolute atomic E-state index is 0.0350. The SMILES string of the molecule is CN1C(=O)NCC1=Cc1ccccc1. The molecule has 0 saturated carbocycles. The average Bonchev–Trinajstić information content (AvgIpc) is 2.52. The Labute approximate surface area is 83.0 Å². The quantitative estimate of drug-likeness (QED) is 0.714. The van der Waals surface area contributed by atoms with Crippen LogP contribution in [0.3, 0.4) is 0 Å². The first-order valence-electron chi connectivity index (χ1n) is 4.54. The zero-order valence-corrected chi connectivity index (χ0v) is 8.03. The van der Waals surface area contributed by atoms with Crippen molar-refractivity contribution in [3.05, 3.63) is 41.6 Å². The maximum absolute atomic E-state index is 11.1. The van der Waals surface area contributed by atoms with Crippen LogP contribution in [0.1, 0.15) is 5.56 Å². The van der Waals surface area contributed by atoms with E-state index in [9.17, 15) is 4.79 Å². The number of likely N-dealkylation sites (N-methyl/N-ethyl adjacent to an activating group) is 1. The molecule has 1 aliphatic heterocycles. The van der Waals surface area contributed by atoms with Crippen LogP contribution < -0.4 is 5.32 Å². The smallest absolute Gasteiger partial charge is 0.321 e. The summed E-state index contributed by atoms with van der Waals surface area (Å²) in [6.07, 6.45) is 2.01. The van der Waals surface area contributed by atoms with Gasteiger partial charge < -0.3 is 5.32 Å². The molecule has 0 aliphatic carbocycles. The molecule has 1 aromatic carbocycles. The molecule has 0 bridgehead atoms. The zero-order valence-electron chi connectivity index (χ0n) is 8.03. The fourth-order valence-electron chi connectivity index (χ4n) is 1.42. The van der Waals surface area contributed by atoms with E-state index in [2.05, 4.69) is 5.32 Å². The van der Waals surface area contributed by atoms with Crippen molar-refractivity contribution in [1.29, 1.82) is 0 Å². The number of amides is 2. The van der Waals surface area contributed by atoms with Gasteiger partial charge in [-0.05, 0) is 11.6 Å². The van der Waals surface area contributed by atoms with Crippen LogP contribution >= 0.6 is 0 Å². The van der Waals surface area contributed by atoms with Crippen molar-refractivity contribution in [2.45, 2.75) is 0 Å². The fraction of sp³-hybridized carbons (Fsp3) is 0.182. The molecule has 0 spiro atoms. The molecule has 1 fully saturated rings. The van der Waals surface area contributed by atoms with Gasteiger partial charge in [-0.2, -0.15) is 0 Å². The number of nitrogens with one attached hydrogen (secondary N) is 1. The van der Waals surface area contributed by atoms with Gasteiger partial charge in [0.2, 0.25) is 0 Å². The predicted octanol–water partition coefficient (Wildman–Crippen LogP) is 1.68. The highest BCUT2D eigenvalue weighted by Gasteiger charge is 2.20. The third kappa shape index (κ3) is 1.62. The molecule has 3 nitrogen and oxygen atoms in total. The number of benzene rings is 1. The summed E-state index contributed by atoms with van der Waals surface area (Å²) in [5, 5.41) is 2.76. The molecule has 14 heavy (non-hydrogen) atoms. The normalized spacial score (nSPS) is 18.8. The Kier molecular flexibility index (Phi) is 2.23. The lowest BCUT2D eigenvalue weighted by molar-refractivity contribution is 0.230. The first-order chi connectivity index (χ1) is 6.77. The standard InChI is InChI=1S/C11H12N2O/c1-13-10(8-12-11(13)14)7-9-5-3-2-4-6-9/h2-7H,8H2,1H3,(H,12,14). The summed E-state index contributed by atoms with van der Waals surface area (Å²) in [6.45, 7) is 0.615. The van der Waals surface area contributed by atoms with E-state index in [0.29, 0.717) is 6.54 Å². The molecular weight excluding hydrogens is 176 g/mol. The van der Waals surface area contributed by atoms with Gasteiger partial charge in [0.15, 0.2) is 0 Å². The average molecular weight is 188 g/mol. The summed E-state index contributed by atoms with van der Waals surface area (Å²) < 4.78 is 0. The third-order valence-electron chi connectivity index (χ3n) is 2.29. The molecule has 0 aromatic heterocycles. The van der Waals surface area contributed by atoms with E-state index in [1.807, 2.05) is 36.4 Å². The van der Waals surface area contributed by atoms with E-state index in [1.165, 1.54) is 0 Å². The zero-order chi connectivity index (χ0) is 9.97. The van der Waals surface area contributed by atoms with E-state index < -0.39 is 0 Å². The number of hydrogen-bond acceptors (Lipinski definition) is 1. The number of carbonyl (C=O) groups excluding carboxylic acids is 1. The number of rotatable bonds is 1. The molecule has 2 amide bonds. The van der Waals surface area contributed by atoms with E-state index in [-0.39, 0.29) is 6.03 Å². The van der Waals surface area contributed by atoms with E-state index in [1.54, 1.807) is 11.9 Å². The lowest BCUT2D eigenvalue weighted by Crippen LogP contribution is -2.22. The summed E-state index contributed by atoms with van der Waals surface area (Å²) in [5.41, 5.74) is 2.12. The molecule has 72 valence electrons. The minimum Gasteiger partial charge on any atom is -0.332 e. The summed E-state index contributed by atoms with van der Waals surface area (Å²) in [6, 6.07) is 9.94. The topological polar surface area (TPSA) is 32.3 Å². The monoisotopic (exact) mass is 188 g/mol. The van der Waals surface area contributed by atoms with Crippen LogP contribution in [0.15, 0.2) is 36.0 Å². The van der Waals surface area contributed by atoms with Gasteiger partial charge in [0.1, 0.15) is 0 Å². The molecular formula is C11H12N2O. The Morgan fingerprint density at radius 1 is 1.36 bits per heavy atom. The summed E-state index contributed by atoms with van der Waals surface area (Å²) in [4.78, 5) is 12.8. The van der Waals surface area contributed by atoms with Gasteiger partial charge in [-0.25, -0.2) is 4.79 Å². The number of carbonyl (C=O) groups is 1. The van der Waals surface area contributed by atoms with Crippen LogP contribution in [0.2, 0.25) is 0 Å². The van der Waals surface area contributed by atoms with Gasteiger partial charge in [-0.3, -0.25) is 4.90 Å². The second-order valence-corrected chi connectivity index (χ2v) is 3.26. The minimum atomic E-state index is -0.0350. The first kappa shape index (κ1) is 8.81. The van der Waals surface area contributed by atoms with Crippen molar-refractivity contribution < 1.29 is 4.79 Å². The second kappa shape index (κ2) is 3.54. The Bertz CT molecular complexity index is 370. The maximum Gasteiger partial charge on any atom is 0.321 e. The highest BCUT2D eigenvalue weighted by Crippen LogP contribution is 2.12. The van der Waals surface area contributed by atoms with Gasteiger partial charge >= 0.3 is 6.03 Å². The van der Waals surface area contributed by atoms with Gasteiger partial charge in [0, 0.05) is 12.7 Å². The highest BCUT2D eigenvalue weighted by atomic mass is 16.2. The van der Waals surface area contributed by atoms with Gasteiger partial charge in [-0.15, -0.1) is 0 Å². The Morgan fingerprint density at radius 3 is 2.64 bits per heavy atom. The van der Waals surface area contributed by atoms with Crippen LogP contribution in [0.5, 0.6) is 0 Å². The molecule has 1 aliphatic rings.